The Kier molecular flexibility index (Phi) is 3.83. The number of Topliss-reactive ketones (excluding diaryl/α,β-unsaturated/α-hetero) is 1. The van der Waals surface area contributed by atoms with Crippen LogP contribution in [0.4, 0.5) is 14.5 Å². The van der Waals surface area contributed by atoms with E-state index in [4.69, 9.17) is 0 Å². The Hall–Kier alpha value is -2.76. The third kappa shape index (κ3) is 2.64. The van der Waals surface area contributed by atoms with Gasteiger partial charge in [-0.05, 0) is 36.8 Å². The quantitative estimate of drug-likeness (QED) is 0.853. The minimum atomic E-state index is -0.834. The van der Waals surface area contributed by atoms with E-state index in [0.29, 0.717) is 5.56 Å². The number of carbonyl (C=O) groups is 2. The summed E-state index contributed by atoms with van der Waals surface area (Å²) >= 11 is 0. The number of methoxy groups -OCH3 is 1. The van der Waals surface area contributed by atoms with Crippen molar-refractivity contribution in [2.75, 3.05) is 12.4 Å². The van der Waals surface area contributed by atoms with Crippen LogP contribution in [0.15, 0.2) is 36.4 Å². The molecule has 0 fully saturated rings. The molecule has 124 valence electrons. The van der Waals surface area contributed by atoms with Crippen molar-refractivity contribution in [1.29, 1.82) is 0 Å². The van der Waals surface area contributed by atoms with Crippen molar-refractivity contribution >= 4 is 17.4 Å². The summed E-state index contributed by atoms with van der Waals surface area (Å²) in [6, 6.07) is 7.90. The van der Waals surface area contributed by atoms with Crippen LogP contribution in [0, 0.1) is 11.6 Å². The first-order valence-electron chi connectivity index (χ1n) is 7.33. The number of hydrogen-bond donors (Lipinski definition) is 1. The van der Waals surface area contributed by atoms with Crippen molar-refractivity contribution in [3.63, 3.8) is 0 Å². The molecule has 0 saturated carbocycles. The van der Waals surface area contributed by atoms with Crippen LogP contribution in [0.5, 0.6) is 0 Å². The average molecular weight is 331 g/mol. The Morgan fingerprint density at radius 1 is 1.17 bits per heavy atom. The van der Waals surface area contributed by atoms with Crippen molar-refractivity contribution in [3.05, 3.63) is 64.7 Å². The van der Waals surface area contributed by atoms with Crippen molar-refractivity contribution in [3.8, 4) is 0 Å². The van der Waals surface area contributed by atoms with E-state index in [-0.39, 0.29) is 34.8 Å². The molecule has 24 heavy (non-hydrogen) atoms. The molecule has 1 atom stereocenters. The predicted molar refractivity (Wildman–Crippen MR) is 84.1 cm³/mol. The van der Waals surface area contributed by atoms with E-state index in [1.807, 2.05) is 0 Å². The molecule has 0 saturated heterocycles. The van der Waals surface area contributed by atoms with E-state index in [1.54, 1.807) is 19.1 Å². The van der Waals surface area contributed by atoms with Crippen LogP contribution in [-0.2, 0) is 10.3 Å². The third-order valence-electron chi connectivity index (χ3n) is 4.19. The highest BCUT2D eigenvalue weighted by atomic mass is 19.1. The first kappa shape index (κ1) is 16.1. The summed E-state index contributed by atoms with van der Waals surface area (Å²) in [6.07, 6.45) is 0.0429. The molecule has 2 aromatic carbocycles. The molecule has 6 heteroatoms. The number of carbonyl (C=O) groups excluding carboxylic acids is 2. The van der Waals surface area contributed by atoms with Gasteiger partial charge in [-0.25, -0.2) is 13.6 Å². The zero-order valence-corrected chi connectivity index (χ0v) is 13.2. The maximum Gasteiger partial charge on any atom is 0.338 e. The Morgan fingerprint density at radius 3 is 2.46 bits per heavy atom. The molecule has 0 bridgehead atoms. The molecule has 1 aliphatic heterocycles. The van der Waals surface area contributed by atoms with E-state index >= 15 is 0 Å². The predicted octanol–water partition coefficient (Wildman–Crippen LogP) is 3.67. The van der Waals surface area contributed by atoms with Gasteiger partial charge in [0.05, 0.1) is 23.8 Å². The average Bonchev–Trinajstić information content (AvgIpc) is 2.53. The number of fused-ring (bicyclic) bond motifs is 1. The van der Waals surface area contributed by atoms with Gasteiger partial charge in [-0.1, -0.05) is 12.1 Å². The molecule has 4 nitrogen and oxygen atoms in total. The number of esters is 1. The van der Waals surface area contributed by atoms with Crippen LogP contribution in [0.1, 0.15) is 39.6 Å². The largest absolute Gasteiger partial charge is 0.465 e. The third-order valence-corrected chi connectivity index (χ3v) is 4.19. The molecule has 0 aliphatic carbocycles. The first-order chi connectivity index (χ1) is 11.3. The van der Waals surface area contributed by atoms with Crippen LogP contribution in [0.2, 0.25) is 0 Å². The second-order valence-electron chi connectivity index (χ2n) is 5.93. The Morgan fingerprint density at radius 2 is 1.83 bits per heavy atom. The molecular weight excluding hydrogens is 316 g/mol. The zero-order chi connectivity index (χ0) is 17.5. The molecule has 0 unspecified atom stereocenters. The smallest absolute Gasteiger partial charge is 0.338 e. The maximum absolute atomic E-state index is 13.9. The lowest BCUT2D eigenvalue weighted by Crippen LogP contribution is -2.39. The number of nitrogens with one attached hydrogen (secondary N) is 1. The second kappa shape index (κ2) is 5.70. The number of rotatable bonds is 2. The van der Waals surface area contributed by atoms with Crippen LogP contribution < -0.4 is 5.32 Å². The lowest BCUT2D eigenvalue weighted by atomic mass is 9.80. The van der Waals surface area contributed by atoms with Gasteiger partial charge in [0.2, 0.25) is 0 Å². The van der Waals surface area contributed by atoms with E-state index in [2.05, 4.69) is 10.1 Å². The highest BCUT2D eigenvalue weighted by Crippen LogP contribution is 2.39. The number of anilines is 1. The standard InChI is InChI=1S/C18H15F2NO3/c1-18(10-3-5-11(19)6-4-10)9-15(22)16-13(17(23)24-2)7-12(20)8-14(16)21-18/h3-8,21H,9H2,1-2H3/t18-/m0/s1. The number of ether oxygens (including phenoxy) is 1. The molecule has 0 spiro atoms. The molecule has 3 rings (SSSR count). The van der Waals surface area contributed by atoms with Crippen LogP contribution >= 0.6 is 0 Å². The van der Waals surface area contributed by atoms with Gasteiger partial charge in [0, 0.05) is 12.1 Å². The van der Waals surface area contributed by atoms with Gasteiger partial charge in [-0.2, -0.15) is 0 Å². The van der Waals surface area contributed by atoms with E-state index in [1.165, 1.54) is 25.3 Å². The van der Waals surface area contributed by atoms with Gasteiger partial charge < -0.3 is 10.1 Å². The molecule has 0 amide bonds. The lowest BCUT2D eigenvalue weighted by molar-refractivity contribution is 0.0595. The van der Waals surface area contributed by atoms with Gasteiger partial charge in [-0.15, -0.1) is 0 Å². The van der Waals surface area contributed by atoms with Gasteiger partial charge in [0.1, 0.15) is 11.6 Å². The number of benzene rings is 2. The summed E-state index contributed by atoms with van der Waals surface area (Å²) in [6.45, 7) is 1.77. The molecule has 1 aliphatic rings. The topological polar surface area (TPSA) is 55.4 Å². The first-order valence-corrected chi connectivity index (χ1v) is 7.33. The summed E-state index contributed by atoms with van der Waals surface area (Å²) in [4.78, 5) is 24.5. The SMILES string of the molecule is COC(=O)c1cc(F)cc2c1C(=O)C[C@@](C)(c1ccc(F)cc1)N2. The van der Waals surface area contributed by atoms with Crippen molar-refractivity contribution < 1.29 is 23.1 Å². The van der Waals surface area contributed by atoms with Gasteiger partial charge >= 0.3 is 5.97 Å². The van der Waals surface area contributed by atoms with Gasteiger partial charge in [0.15, 0.2) is 5.78 Å². The van der Waals surface area contributed by atoms with E-state index in [9.17, 15) is 18.4 Å². The van der Waals surface area contributed by atoms with Gasteiger partial charge in [-0.3, -0.25) is 4.79 Å². The summed E-state index contributed by atoms with van der Waals surface area (Å²) in [5.41, 5.74) is 0.0816. The van der Waals surface area contributed by atoms with Crippen molar-refractivity contribution in [2.24, 2.45) is 0 Å². The summed E-state index contributed by atoms with van der Waals surface area (Å²) in [7, 11) is 1.17. The zero-order valence-electron chi connectivity index (χ0n) is 13.2. The number of hydrogen-bond acceptors (Lipinski definition) is 4. The molecule has 2 aromatic rings. The number of halogens is 2. The monoisotopic (exact) mass is 331 g/mol. The second-order valence-corrected chi connectivity index (χ2v) is 5.93. The molecule has 0 radical (unpaired) electrons. The van der Waals surface area contributed by atoms with Crippen LogP contribution in [0.25, 0.3) is 0 Å². The van der Waals surface area contributed by atoms with Crippen molar-refractivity contribution in [2.45, 2.75) is 18.9 Å². The Labute approximate surface area is 137 Å². The highest BCUT2D eigenvalue weighted by Gasteiger charge is 2.38. The summed E-state index contributed by atoms with van der Waals surface area (Å²) in [5.74, 6) is -2.12. The summed E-state index contributed by atoms with van der Waals surface area (Å²) in [5, 5.41) is 3.11. The van der Waals surface area contributed by atoms with Crippen LogP contribution in [0.3, 0.4) is 0 Å². The maximum atomic E-state index is 13.9. The minimum Gasteiger partial charge on any atom is -0.465 e. The number of ketones is 1. The molecule has 1 N–H and O–H groups in total. The summed E-state index contributed by atoms with van der Waals surface area (Å²) < 4.78 is 31.6. The normalized spacial score (nSPS) is 19.4. The minimum absolute atomic E-state index is 0.0429. The molecule has 0 aromatic heterocycles. The molecule has 1 heterocycles. The van der Waals surface area contributed by atoms with Crippen LogP contribution in [-0.4, -0.2) is 18.9 Å². The Balaban J connectivity index is 2.11. The fraction of sp³-hybridized carbons (Fsp3) is 0.222. The fourth-order valence-electron chi connectivity index (χ4n) is 3.02. The van der Waals surface area contributed by atoms with E-state index in [0.717, 1.165) is 6.07 Å². The Bertz CT molecular complexity index is 833. The molecular formula is C18H15F2NO3. The highest BCUT2D eigenvalue weighted by molar-refractivity contribution is 6.12. The lowest BCUT2D eigenvalue weighted by Gasteiger charge is -2.37. The van der Waals surface area contributed by atoms with E-state index < -0.39 is 17.3 Å². The fourth-order valence-corrected chi connectivity index (χ4v) is 3.02. The van der Waals surface area contributed by atoms with Crippen molar-refractivity contribution in [1.82, 2.24) is 0 Å². The van der Waals surface area contributed by atoms with Gasteiger partial charge in [0.25, 0.3) is 0 Å².